The number of fused-ring (bicyclic) bond motifs is 2. The molecule has 5 heteroatoms. The molecule has 0 N–H and O–H groups in total. The first-order valence-corrected chi connectivity index (χ1v) is 9.25. The van der Waals surface area contributed by atoms with Crippen molar-refractivity contribution >= 4 is 37.6 Å². The van der Waals surface area contributed by atoms with Crippen molar-refractivity contribution in [3.8, 4) is 5.69 Å². The molecule has 0 saturated carbocycles. The number of hydrogen-bond donors (Lipinski definition) is 0. The molecule has 0 amide bonds. The lowest BCUT2D eigenvalue weighted by Gasteiger charge is -2.12. The van der Waals surface area contributed by atoms with Gasteiger partial charge in [0.15, 0.2) is 0 Å². The van der Waals surface area contributed by atoms with E-state index in [2.05, 4.69) is 20.9 Å². The van der Waals surface area contributed by atoms with Crippen molar-refractivity contribution in [1.82, 2.24) is 9.55 Å². The number of hydrogen-bond acceptors (Lipinski definition) is 3. The van der Waals surface area contributed by atoms with Crippen LogP contribution in [0.1, 0.15) is 12.5 Å². The topological polar surface area (TPSA) is 44.1 Å². The summed E-state index contributed by atoms with van der Waals surface area (Å²) in [4.78, 5) is 17.7. The minimum Gasteiger partial charge on any atom is -0.377 e. The molecule has 0 unspecified atom stereocenters. The summed E-state index contributed by atoms with van der Waals surface area (Å²) < 4.78 is 7.80. The van der Waals surface area contributed by atoms with Gasteiger partial charge in [-0.2, -0.15) is 0 Å². The van der Waals surface area contributed by atoms with Crippen LogP contribution in [0.2, 0.25) is 0 Å². The second kappa shape index (κ2) is 7.02. The zero-order valence-corrected chi connectivity index (χ0v) is 15.9. The van der Waals surface area contributed by atoms with E-state index in [0.717, 1.165) is 27.5 Å². The van der Waals surface area contributed by atoms with E-state index in [1.807, 2.05) is 61.5 Å². The summed E-state index contributed by atoms with van der Waals surface area (Å²) >= 11 is 3.51. The van der Waals surface area contributed by atoms with Gasteiger partial charge in [-0.3, -0.25) is 9.36 Å². The van der Waals surface area contributed by atoms with Crippen LogP contribution in [0.15, 0.2) is 70.2 Å². The first-order valence-electron chi connectivity index (χ1n) is 8.45. The van der Waals surface area contributed by atoms with Gasteiger partial charge in [-0.05, 0) is 58.1 Å². The summed E-state index contributed by atoms with van der Waals surface area (Å²) in [6.45, 7) is 3.10. The Kier molecular flexibility index (Phi) is 4.57. The number of ether oxygens (including phenoxy) is 1. The van der Waals surface area contributed by atoms with Gasteiger partial charge < -0.3 is 4.74 Å². The van der Waals surface area contributed by atoms with Crippen LogP contribution in [-0.4, -0.2) is 16.2 Å². The largest absolute Gasteiger partial charge is 0.377 e. The first kappa shape index (κ1) is 16.9. The van der Waals surface area contributed by atoms with Crippen LogP contribution in [0.4, 0.5) is 0 Å². The van der Waals surface area contributed by atoms with Crippen LogP contribution in [0.25, 0.3) is 27.4 Å². The Morgan fingerprint density at radius 3 is 2.77 bits per heavy atom. The Morgan fingerprint density at radius 2 is 1.92 bits per heavy atom. The minimum absolute atomic E-state index is 0.0707. The lowest BCUT2D eigenvalue weighted by Crippen LogP contribution is -2.18. The van der Waals surface area contributed by atoms with Crippen LogP contribution < -0.4 is 5.56 Å². The highest BCUT2D eigenvalue weighted by atomic mass is 79.9. The molecule has 130 valence electrons. The van der Waals surface area contributed by atoms with Crippen molar-refractivity contribution in [2.75, 3.05) is 6.61 Å². The maximum absolute atomic E-state index is 13.1. The summed E-state index contributed by atoms with van der Waals surface area (Å²) in [6, 6.07) is 17.5. The quantitative estimate of drug-likeness (QED) is 0.453. The molecular formula is C21H17BrN2O2. The molecule has 0 bridgehead atoms. The Morgan fingerprint density at radius 1 is 1.08 bits per heavy atom. The first-order chi connectivity index (χ1) is 12.7. The van der Waals surface area contributed by atoms with Crippen LogP contribution in [0.5, 0.6) is 0 Å². The fourth-order valence-corrected chi connectivity index (χ4v) is 3.62. The molecule has 2 aromatic heterocycles. The smallest absolute Gasteiger partial charge is 0.263 e. The van der Waals surface area contributed by atoms with E-state index < -0.39 is 0 Å². The Hall–Kier alpha value is -2.50. The summed E-state index contributed by atoms with van der Waals surface area (Å²) in [5.41, 5.74) is 2.56. The predicted octanol–water partition coefficient (Wildman–Crippen LogP) is 4.84. The highest BCUT2D eigenvalue weighted by Gasteiger charge is 2.11. The predicted molar refractivity (Wildman–Crippen MR) is 108 cm³/mol. The van der Waals surface area contributed by atoms with E-state index in [1.54, 1.807) is 10.8 Å². The lowest BCUT2D eigenvalue weighted by atomic mass is 10.1. The van der Waals surface area contributed by atoms with Gasteiger partial charge in [0.05, 0.1) is 17.8 Å². The van der Waals surface area contributed by atoms with Gasteiger partial charge in [-0.25, -0.2) is 4.98 Å². The maximum Gasteiger partial charge on any atom is 0.263 e. The number of benzene rings is 2. The normalized spacial score (nSPS) is 11.3. The fraction of sp³-hybridized carbons (Fsp3) is 0.143. The molecule has 0 aliphatic heterocycles. The van der Waals surface area contributed by atoms with E-state index in [4.69, 9.17) is 4.74 Å². The zero-order valence-electron chi connectivity index (χ0n) is 14.3. The van der Waals surface area contributed by atoms with Gasteiger partial charge in [-0.15, -0.1) is 0 Å². The van der Waals surface area contributed by atoms with Crippen molar-refractivity contribution in [1.29, 1.82) is 0 Å². The summed E-state index contributed by atoms with van der Waals surface area (Å²) in [7, 11) is 0. The van der Waals surface area contributed by atoms with E-state index in [9.17, 15) is 4.79 Å². The van der Waals surface area contributed by atoms with Crippen LogP contribution >= 0.6 is 15.9 Å². The molecule has 0 atom stereocenters. The Labute approximate surface area is 159 Å². The Balaban J connectivity index is 1.92. The van der Waals surface area contributed by atoms with E-state index in [-0.39, 0.29) is 5.56 Å². The fourth-order valence-electron chi connectivity index (χ4n) is 3.12. The average Bonchev–Trinajstić information content (AvgIpc) is 2.66. The number of nitrogens with zero attached hydrogens (tertiary/aromatic N) is 2. The van der Waals surface area contributed by atoms with Crippen molar-refractivity contribution in [2.45, 2.75) is 13.5 Å². The van der Waals surface area contributed by atoms with Crippen molar-refractivity contribution in [3.63, 3.8) is 0 Å². The summed E-state index contributed by atoms with van der Waals surface area (Å²) in [6.07, 6.45) is 1.80. The molecule has 0 aliphatic rings. The van der Waals surface area contributed by atoms with Gasteiger partial charge in [0.25, 0.3) is 5.56 Å². The molecule has 4 aromatic rings. The molecular weight excluding hydrogens is 392 g/mol. The average molecular weight is 409 g/mol. The number of rotatable bonds is 4. The minimum atomic E-state index is -0.0707. The SMILES string of the molecule is CCOCc1cccc2c(=O)n(-c3cc4ccccc4nc3Br)ccc12. The molecule has 0 fully saturated rings. The van der Waals surface area contributed by atoms with E-state index >= 15 is 0 Å². The van der Waals surface area contributed by atoms with Crippen LogP contribution in [0.3, 0.4) is 0 Å². The Bertz CT molecular complexity index is 1170. The molecule has 2 heterocycles. The zero-order chi connectivity index (χ0) is 18.1. The van der Waals surface area contributed by atoms with Crippen molar-refractivity contribution < 1.29 is 4.74 Å². The van der Waals surface area contributed by atoms with Crippen molar-refractivity contribution in [2.24, 2.45) is 0 Å². The second-order valence-electron chi connectivity index (χ2n) is 6.00. The molecule has 0 aliphatic carbocycles. The molecule has 26 heavy (non-hydrogen) atoms. The molecule has 2 aromatic carbocycles. The second-order valence-corrected chi connectivity index (χ2v) is 6.75. The highest BCUT2D eigenvalue weighted by molar-refractivity contribution is 9.10. The van der Waals surface area contributed by atoms with Crippen LogP contribution in [0, 0.1) is 0 Å². The molecule has 0 saturated heterocycles. The van der Waals surface area contributed by atoms with Gasteiger partial charge >= 0.3 is 0 Å². The molecule has 0 spiro atoms. The number of aromatic nitrogens is 2. The summed E-state index contributed by atoms with van der Waals surface area (Å²) in [5, 5.41) is 2.58. The number of pyridine rings is 2. The number of para-hydroxylation sites is 1. The third kappa shape index (κ3) is 2.93. The van der Waals surface area contributed by atoms with E-state index in [1.165, 1.54) is 0 Å². The van der Waals surface area contributed by atoms with Crippen molar-refractivity contribution in [3.05, 3.63) is 81.3 Å². The third-order valence-corrected chi connectivity index (χ3v) is 5.00. The van der Waals surface area contributed by atoms with Crippen LogP contribution in [-0.2, 0) is 11.3 Å². The highest BCUT2D eigenvalue weighted by Crippen LogP contribution is 2.25. The van der Waals surface area contributed by atoms with Gasteiger partial charge in [0, 0.05) is 23.6 Å². The third-order valence-electron chi connectivity index (χ3n) is 4.42. The lowest BCUT2D eigenvalue weighted by molar-refractivity contribution is 0.135. The van der Waals surface area contributed by atoms with E-state index in [0.29, 0.717) is 23.2 Å². The van der Waals surface area contributed by atoms with Gasteiger partial charge in [0.1, 0.15) is 4.60 Å². The molecule has 4 nitrogen and oxygen atoms in total. The number of halogens is 1. The molecule has 0 radical (unpaired) electrons. The monoisotopic (exact) mass is 408 g/mol. The van der Waals surface area contributed by atoms with Gasteiger partial charge in [-0.1, -0.05) is 30.3 Å². The van der Waals surface area contributed by atoms with Gasteiger partial charge in [0.2, 0.25) is 0 Å². The molecule has 4 rings (SSSR count). The standard InChI is InChI=1S/C21H17BrN2O2/c1-2-26-13-15-7-5-8-17-16(15)10-11-24(21(17)25)19-12-14-6-3-4-9-18(14)23-20(19)22/h3-12H,2,13H2,1H3. The maximum atomic E-state index is 13.1. The summed E-state index contributed by atoms with van der Waals surface area (Å²) in [5.74, 6) is 0.